The van der Waals surface area contributed by atoms with Gasteiger partial charge in [0.2, 0.25) is 17.7 Å². The second-order valence-corrected chi connectivity index (χ2v) is 18.2. The first-order chi connectivity index (χ1) is 26.5. The molecule has 0 bridgehead atoms. The Bertz CT molecular complexity index is 1430. The molecule has 14 heteroatoms. The van der Waals surface area contributed by atoms with E-state index in [4.69, 9.17) is 24.3 Å². The molecule has 14 nitrogen and oxygen atoms in total. The highest BCUT2D eigenvalue weighted by molar-refractivity contribution is 5.77. The predicted octanol–water partition coefficient (Wildman–Crippen LogP) is 7.91. The summed E-state index contributed by atoms with van der Waals surface area (Å²) in [5.41, 5.74) is 4.56. The van der Waals surface area contributed by atoms with Crippen LogP contribution >= 0.6 is 0 Å². The molecule has 1 amide bonds. The van der Waals surface area contributed by atoms with E-state index in [0.717, 1.165) is 37.5 Å². The lowest BCUT2D eigenvalue weighted by molar-refractivity contribution is -0.156. The number of rotatable bonds is 19. The Morgan fingerprint density at radius 1 is 0.732 bits per heavy atom. The minimum Gasteiger partial charge on any atom is -0.460 e. The fraction of sp³-hybridized carbons (Fsp3) is 0.833. The topological polar surface area (TPSA) is 189 Å². The molecule has 2 aromatic rings. The number of aromatic nitrogens is 4. The highest BCUT2D eigenvalue weighted by Gasteiger charge is 2.28. The van der Waals surface area contributed by atoms with Crippen molar-refractivity contribution < 1.29 is 32.9 Å². The third-order valence-electron chi connectivity index (χ3n) is 10.2. The van der Waals surface area contributed by atoms with E-state index in [1.165, 1.54) is 77.0 Å². The Labute approximate surface area is 335 Å². The molecule has 0 radical (unpaired) electrons. The number of nitrogens with one attached hydrogen (secondary N) is 1. The van der Waals surface area contributed by atoms with Crippen LogP contribution in [-0.2, 0) is 36.9 Å². The summed E-state index contributed by atoms with van der Waals surface area (Å²) in [6.07, 6.45) is 20.1. The van der Waals surface area contributed by atoms with Crippen LogP contribution in [-0.4, -0.2) is 74.9 Å². The minimum absolute atomic E-state index is 0.0914. The third-order valence-corrected chi connectivity index (χ3v) is 10.2. The Balaban J connectivity index is 0.000000307. The molecule has 4 rings (SSSR count). The van der Waals surface area contributed by atoms with Crippen molar-refractivity contribution in [2.75, 3.05) is 20.6 Å². The van der Waals surface area contributed by atoms with Crippen molar-refractivity contribution in [3.8, 4) is 0 Å². The normalized spacial score (nSPS) is 16.8. The predicted molar refractivity (Wildman–Crippen MR) is 214 cm³/mol. The molecule has 0 unspecified atom stereocenters. The van der Waals surface area contributed by atoms with Crippen molar-refractivity contribution >= 4 is 17.8 Å². The summed E-state index contributed by atoms with van der Waals surface area (Å²) in [7, 11) is 3.67. The van der Waals surface area contributed by atoms with Crippen LogP contribution in [0, 0.1) is 11.8 Å². The van der Waals surface area contributed by atoms with E-state index in [1.54, 1.807) is 4.90 Å². The zero-order chi connectivity index (χ0) is 41.1. The van der Waals surface area contributed by atoms with Gasteiger partial charge in [0.25, 0.3) is 0 Å². The molecular formula is C42H73N7O7. The van der Waals surface area contributed by atoms with E-state index in [-0.39, 0.29) is 55.6 Å². The standard InChI is InChI=1S/C23H40N4O4.C19H33N3O3/c1-23(2,3)30-21(29)14-18(13-9-12-17-10-7-6-8-11-17)22-25-19(26-31-22)15-24-20(28)16-27(4)5;1-19(2,3)24-17(23)12-15(18-21-16(13-20)22-25-18)11-7-10-14-8-5-4-6-9-14/h17-18H,6-16H2,1-5H3,(H,24,28);14-15H,4-13,20H2,1-3H3/t18-;15-/m11/s1. The first kappa shape index (κ1) is 47.0. The molecule has 2 fully saturated rings. The zero-order valence-corrected chi connectivity index (χ0v) is 35.8. The lowest BCUT2D eigenvalue weighted by Gasteiger charge is -2.23. The van der Waals surface area contributed by atoms with E-state index in [1.807, 2.05) is 55.6 Å². The van der Waals surface area contributed by atoms with E-state index in [2.05, 4.69) is 25.6 Å². The average molecular weight is 788 g/mol. The molecule has 0 aliphatic heterocycles. The van der Waals surface area contributed by atoms with Crippen LogP contribution in [0.2, 0.25) is 0 Å². The van der Waals surface area contributed by atoms with E-state index in [0.29, 0.717) is 30.0 Å². The second kappa shape index (κ2) is 23.7. The lowest BCUT2D eigenvalue weighted by atomic mass is 9.84. The minimum atomic E-state index is -0.527. The molecule has 2 atom stereocenters. The van der Waals surface area contributed by atoms with Crippen molar-refractivity contribution in [2.24, 2.45) is 17.6 Å². The summed E-state index contributed by atoms with van der Waals surface area (Å²) in [5, 5.41) is 10.7. The van der Waals surface area contributed by atoms with Gasteiger partial charge in [0, 0.05) is 11.8 Å². The van der Waals surface area contributed by atoms with Crippen LogP contribution in [0.3, 0.4) is 0 Å². The fourth-order valence-electron chi connectivity index (χ4n) is 7.59. The lowest BCUT2D eigenvalue weighted by Crippen LogP contribution is -2.33. The molecular weight excluding hydrogens is 715 g/mol. The van der Waals surface area contributed by atoms with Crippen LogP contribution in [0.15, 0.2) is 9.05 Å². The maximum absolute atomic E-state index is 12.5. The van der Waals surface area contributed by atoms with Gasteiger partial charge in [-0.25, -0.2) is 0 Å². The van der Waals surface area contributed by atoms with Gasteiger partial charge in [-0.1, -0.05) is 100 Å². The molecule has 0 saturated heterocycles. The summed E-state index contributed by atoms with van der Waals surface area (Å²) in [4.78, 5) is 47.1. The summed E-state index contributed by atoms with van der Waals surface area (Å²) < 4.78 is 21.8. The molecule has 2 aliphatic rings. The van der Waals surface area contributed by atoms with Gasteiger partial charge in [0.05, 0.1) is 32.5 Å². The average Bonchev–Trinajstić information content (AvgIpc) is 3.80. The largest absolute Gasteiger partial charge is 0.460 e. The number of nitrogens with zero attached hydrogens (tertiary/aromatic N) is 5. The van der Waals surface area contributed by atoms with Crippen LogP contribution in [0.4, 0.5) is 0 Å². The van der Waals surface area contributed by atoms with Crippen molar-refractivity contribution in [1.29, 1.82) is 0 Å². The van der Waals surface area contributed by atoms with E-state index >= 15 is 0 Å². The van der Waals surface area contributed by atoms with Gasteiger partial charge in [-0.05, 0) is 80.3 Å². The van der Waals surface area contributed by atoms with Crippen LogP contribution < -0.4 is 11.1 Å². The molecule has 2 heterocycles. The molecule has 2 saturated carbocycles. The van der Waals surface area contributed by atoms with Crippen LogP contribution in [0.5, 0.6) is 0 Å². The number of esters is 2. The van der Waals surface area contributed by atoms with E-state index < -0.39 is 11.2 Å². The van der Waals surface area contributed by atoms with Gasteiger partial charge in [0.15, 0.2) is 11.6 Å². The molecule has 0 spiro atoms. The van der Waals surface area contributed by atoms with Gasteiger partial charge in [-0.3, -0.25) is 14.4 Å². The fourth-order valence-corrected chi connectivity index (χ4v) is 7.59. The maximum atomic E-state index is 12.5. The molecule has 2 aromatic heterocycles. The summed E-state index contributed by atoms with van der Waals surface area (Å²) in [5.74, 6) is 2.65. The Hall–Kier alpha value is -3.39. The molecule has 56 heavy (non-hydrogen) atoms. The van der Waals surface area contributed by atoms with Gasteiger partial charge < -0.3 is 34.5 Å². The number of ether oxygens (including phenoxy) is 2. The quantitative estimate of drug-likeness (QED) is 0.131. The van der Waals surface area contributed by atoms with Crippen molar-refractivity contribution in [3.63, 3.8) is 0 Å². The summed E-state index contributed by atoms with van der Waals surface area (Å²) >= 11 is 0. The number of amides is 1. The number of carbonyl (C=O) groups excluding carboxylic acids is 3. The highest BCUT2D eigenvalue weighted by atomic mass is 16.6. The second-order valence-electron chi connectivity index (χ2n) is 18.2. The smallest absolute Gasteiger partial charge is 0.307 e. The van der Waals surface area contributed by atoms with E-state index in [9.17, 15) is 14.4 Å². The number of carbonyl (C=O) groups is 3. The third kappa shape index (κ3) is 19.7. The maximum Gasteiger partial charge on any atom is 0.307 e. The SMILES string of the molecule is CC(C)(C)OC(=O)C[C@@H](CCCC1CCCCC1)c1nc(CN)no1.CN(C)CC(=O)NCc1noc([C@H](CCCC2CCCCC2)CC(=O)OC(C)(C)C)n1. The monoisotopic (exact) mass is 788 g/mol. The Kier molecular flexibility index (Phi) is 19.9. The van der Waals surface area contributed by atoms with Gasteiger partial charge >= 0.3 is 11.9 Å². The van der Waals surface area contributed by atoms with Gasteiger partial charge in [0.1, 0.15) is 11.2 Å². The van der Waals surface area contributed by atoms with Gasteiger partial charge in [-0.2, -0.15) is 9.97 Å². The molecule has 3 N–H and O–H groups in total. The number of hydrogen-bond acceptors (Lipinski definition) is 13. The molecule has 0 aromatic carbocycles. The Morgan fingerprint density at radius 2 is 1.16 bits per heavy atom. The van der Waals surface area contributed by atoms with Crippen molar-refractivity contribution in [1.82, 2.24) is 30.5 Å². The van der Waals surface area contributed by atoms with Crippen molar-refractivity contribution in [3.05, 3.63) is 23.4 Å². The highest BCUT2D eigenvalue weighted by Crippen LogP contribution is 2.33. The number of nitrogens with two attached hydrogens (primary N) is 1. The number of hydrogen-bond donors (Lipinski definition) is 2. The number of likely N-dealkylation sites (N-methyl/N-ethyl adjacent to an activating group) is 1. The van der Waals surface area contributed by atoms with Crippen LogP contribution in [0.1, 0.15) is 192 Å². The Morgan fingerprint density at radius 3 is 1.55 bits per heavy atom. The van der Waals surface area contributed by atoms with Gasteiger partial charge in [-0.15, -0.1) is 0 Å². The van der Waals surface area contributed by atoms with Crippen LogP contribution in [0.25, 0.3) is 0 Å². The molecule has 318 valence electrons. The van der Waals surface area contributed by atoms with Crippen molar-refractivity contribution in [2.45, 2.75) is 193 Å². The first-order valence-electron chi connectivity index (χ1n) is 21.2. The zero-order valence-electron chi connectivity index (χ0n) is 35.8. The molecule has 2 aliphatic carbocycles. The summed E-state index contributed by atoms with van der Waals surface area (Å²) in [6.45, 7) is 12.0. The summed E-state index contributed by atoms with van der Waals surface area (Å²) in [6, 6.07) is 0. The first-order valence-corrected chi connectivity index (χ1v) is 21.2.